The van der Waals surface area contributed by atoms with Crippen molar-refractivity contribution in [1.29, 1.82) is 0 Å². The minimum absolute atomic E-state index is 0.0516. The van der Waals surface area contributed by atoms with E-state index in [0.717, 1.165) is 6.42 Å². The highest BCUT2D eigenvalue weighted by Crippen LogP contribution is 2.21. The molecular formula is C11H15ClN2O3. The second kappa shape index (κ2) is 6.42. The van der Waals surface area contributed by atoms with Crippen LogP contribution in [0.25, 0.3) is 0 Å². The molecule has 1 heterocycles. The van der Waals surface area contributed by atoms with Crippen LogP contribution in [0.3, 0.4) is 0 Å². The van der Waals surface area contributed by atoms with Crippen LogP contribution in [-0.4, -0.2) is 33.8 Å². The minimum atomic E-state index is -1.06. The molecule has 0 aliphatic rings. The maximum absolute atomic E-state index is 10.7. The third-order valence-electron chi connectivity index (χ3n) is 2.40. The van der Waals surface area contributed by atoms with Gasteiger partial charge in [-0.2, -0.15) is 0 Å². The molecule has 5 nitrogen and oxygen atoms in total. The van der Waals surface area contributed by atoms with Crippen molar-refractivity contribution in [3.8, 4) is 0 Å². The molecule has 1 aromatic rings. The number of anilines is 1. The van der Waals surface area contributed by atoms with Crippen molar-refractivity contribution in [3.63, 3.8) is 0 Å². The van der Waals surface area contributed by atoms with Crippen LogP contribution in [0.15, 0.2) is 12.3 Å². The topological polar surface area (TPSA) is 82.5 Å². The molecule has 0 aromatic carbocycles. The highest BCUT2D eigenvalue weighted by atomic mass is 35.5. The van der Waals surface area contributed by atoms with E-state index in [0.29, 0.717) is 12.2 Å². The SMILES string of the molecule is CCC(CCO)Nc1ncc(C(=O)O)cc1Cl. The number of pyridine rings is 1. The summed E-state index contributed by atoms with van der Waals surface area (Å²) in [5, 5.41) is 21.0. The van der Waals surface area contributed by atoms with E-state index in [2.05, 4.69) is 10.3 Å². The fourth-order valence-corrected chi connectivity index (χ4v) is 1.61. The quantitative estimate of drug-likeness (QED) is 0.727. The number of carboxylic acid groups (broad SMARTS) is 1. The van der Waals surface area contributed by atoms with Crippen LogP contribution in [0.2, 0.25) is 5.02 Å². The summed E-state index contributed by atoms with van der Waals surface area (Å²) in [5.74, 6) is -0.620. The minimum Gasteiger partial charge on any atom is -0.478 e. The zero-order valence-corrected chi connectivity index (χ0v) is 10.2. The van der Waals surface area contributed by atoms with Crippen LogP contribution in [-0.2, 0) is 0 Å². The Labute approximate surface area is 104 Å². The Morgan fingerprint density at radius 1 is 1.65 bits per heavy atom. The molecule has 0 saturated heterocycles. The van der Waals surface area contributed by atoms with Crippen molar-refractivity contribution in [2.75, 3.05) is 11.9 Å². The average molecular weight is 259 g/mol. The summed E-state index contributed by atoms with van der Waals surface area (Å²) in [6, 6.07) is 1.42. The zero-order chi connectivity index (χ0) is 12.8. The molecule has 1 aromatic heterocycles. The van der Waals surface area contributed by atoms with Crippen molar-refractivity contribution in [2.45, 2.75) is 25.8 Å². The number of rotatable bonds is 6. The third kappa shape index (κ3) is 3.87. The number of nitrogens with zero attached hydrogens (tertiary/aromatic N) is 1. The van der Waals surface area contributed by atoms with E-state index < -0.39 is 5.97 Å². The first-order chi connectivity index (χ1) is 8.08. The number of aliphatic hydroxyl groups excluding tert-OH is 1. The van der Waals surface area contributed by atoms with Gasteiger partial charge >= 0.3 is 5.97 Å². The Morgan fingerprint density at radius 2 is 2.35 bits per heavy atom. The molecule has 94 valence electrons. The van der Waals surface area contributed by atoms with Crippen LogP contribution >= 0.6 is 11.6 Å². The van der Waals surface area contributed by atoms with E-state index in [1.54, 1.807) is 0 Å². The van der Waals surface area contributed by atoms with Gasteiger partial charge in [0.05, 0.1) is 10.6 Å². The molecule has 0 radical (unpaired) electrons. The summed E-state index contributed by atoms with van der Waals surface area (Å²) >= 11 is 5.92. The van der Waals surface area contributed by atoms with Gasteiger partial charge in [0.15, 0.2) is 0 Å². The normalized spacial score (nSPS) is 12.2. The first kappa shape index (κ1) is 13.7. The second-order valence-corrected chi connectivity index (χ2v) is 4.03. The van der Waals surface area contributed by atoms with Gasteiger partial charge in [0.1, 0.15) is 5.82 Å². The highest BCUT2D eigenvalue weighted by Gasteiger charge is 2.11. The largest absolute Gasteiger partial charge is 0.478 e. The summed E-state index contributed by atoms with van der Waals surface area (Å²) in [6.07, 6.45) is 2.66. The standard InChI is InChI=1S/C11H15ClN2O3/c1-2-8(3-4-15)14-10-9(12)5-7(6-13-10)11(16)17/h5-6,8,15H,2-4H2,1H3,(H,13,14)(H,16,17). The third-order valence-corrected chi connectivity index (χ3v) is 2.69. The van der Waals surface area contributed by atoms with Crippen LogP contribution in [0.4, 0.5) is 5.82 Å². The number of aromatic nitrogens is 1. The van der Waals surface area contributed by atoms with Crippen molar-refractivity contribution < 1.29 is 15.0 Å². The summed E-state index contributed by atoms with van der Waals surface area (Å²) in [6.45, 7) is 2.06. The summed E-state index contributed by atoms with van der Waals surface area (Å²) in [4.78, 5) is 14.7. The van der Waals surface area contributed by atoms with Crippen molar-refractivity contribution in [1.82, 2.24) is 4.98 Å². The molecular weight excluding hydrogens is 244 g/mol. The lowest BCUT2D eigenvalue weighted by molar-refractivity contribution is 0.0696. The first-order valence-corrected chi connectivity index (χ1v) is 5.72. The Balaban J connectivity index is 2.81. The van der Waals surface area contributed by atoms with Crippen molar-refractivity contribution in [3.05, 3.63) is 22.8 Å². The van der Waals surface area contributed by atoms with Crippen molar-refractivity contribution in [2.24, 2.45) is 0 Å². The van der Waals surface area contributed by atoms with Gasteiger partial charge in [-0.15, -0.1) is 0 Å². The molecule has 0 spiro atoms. The van der Waals surface area contributed by atoms with E-state index >= 15 is 0 Å². The number of aromatic carboxylic acids is 1. The number of halogens is 1. The predicted octanol–water partition coefficient (Wildman–Crippen LogP) is 2.01. The molecule has 6 heteroatoms. The van der Waals surface area contributed by atoms with Crippen LogP contribution in [0, 0.1) is 0 Å². The van der Waals surface area contributed by atoms with E-state index in [9.17, 15) is 4.79 Å². The Morgan fingerprint density at radius 3 is 2.82 bits per heavy atom. The fourth-order valence-electron chi connectivity index (χ4n) is 1.39. The number of aliphatic hydroxyl groups is 1. The lowest BCUT2D eigenvalue weighted by atomic mass is 10.1. The van der Waals surface area contributed by atoms with E-state index in [4.69, 9.17) is 21.8 Å². The fraction of sp³-hybridized carbons (Fsp3) is 0.455. The van der Waals surface area contributed by atoms with Gasteiger partial charge in [0, 0.05) is 18.8 Å². The maximum Gasteiger partial charge on any atom is 0.337 e. The summed E-state index contributed by atoms with van der Waals surface area (Å²) in [5.41, 5.74) is 0.0516. The molecule has 0 saturated carbocycles. The number of hydrogen-bond donors (Lipinski definition) is 3. The maximum atomic E-state index is 10.7. The van der Waals surface area contributed by atoms with Gasteiger partial charge in [-0.3, -0.25) is 0 Å². The molecule has 1 unspecified atom stereocenters. The molecule has 3 N–H and O–H groups in total. The average Bonchev–Trinajstić information content (AvgIpc) is 2.30. The zero-order valence-electron chi connectivity index (χ0n) is 9.48. The van der Waals surface area contributed by atoms with Gasteiger partial charge in [0.2, 0.25) is 0 Å². The van der Waals surface area contributed by atoms with Gasteiger partial charge in [-0.25, -0.2) is 9.78 Å². The number of carboxylic acids is 1. The Hall–Kier alpha value is -1.33. The number of nitrogens with one attached hydrogen (secondary N) is 1. The van der Waals surface area contributed by atoms with Crippen LogP contribution in [0.5, 0.6) is 0 Å². The molecule has 0 bridgehead atoms. The van der Waals surface area contributed by atoms with Gasteiger partial charge in [0.25, 0.3) is 0 Å². The summed E-state index contributed by atoms with van der Waals surface area (Å²) < 4.78 is 0. The Bertz CT molecular complexity index is 398. The molecule has 1 rings (SSSR count). The molecule has 1 atom stereocenters. The molecule has 0 amide bonds. The number of hydrogen-bond acceptors (Lipinski definition) is 4. The van der Waals surface area contributed by atoms with E-state index in [1.165, 1.54) is 12.3 Å². The van der Waals surface area contributed by atoms with Gasteiger partial charge in [-0.05, 0) is 18.9 Å². The predicted molar refractivity (Wildman–Crippen MR) is 65.6 cm³/mol. The second-order valence-electron chi connectivity index (χ2n) is 3.62. The molecule has 0 fully saturated rings. The number of carbonyl (C=O) groups is 1. The molecule has 0 aliphatic heterocycles. The molecule has 0 aliphatic carbocycles. The highest BCUT2D eigenvalue weighted by molar-refractivity contribution is 6.33. The lowest BCUT2D eigenvalue weighted by Gasteiger charge is -2.17. The summed E-state index contributed by atoms with van der Waals surface area (Å²) in [7, 11) is 0. The smallest absolute Gasteiger partial charge is 0.337 e. The van der Waals surface area contributed by atoms with Gasteiger partial charge in [-0.1, -0.05) is 18.5 Å². The van der Waals surface area contributed by atoms with Crippen molar-refractivity contribution >= 4 is 23.4 Å². The van der Waals surface area contributed by atoms with E-state index in [-0.39, 0.29) is 23.2 Å². The van der Waals surface area contributed by atoms with Crippen LogP contribution < -0.4 is 5.32 Å². The van der Waals surface area contributed by atoms with E-state index in [1.807, 2.05) is 6.92 Å². The lowest BCUT2D eigenvalue weighted by Crippen LogP contribution is -2.20. The molecule has 17 heavy (non-hydrogen) atoms. The first-order valence-electron chi connectivity index (χ1n) is 5.34. The monoisotopic (exact) mass is 258 g/mol. The van der Waals surface area contributed by atoms with Gasteiger partial charge < -0.3 is 15.5 Å². The van der Waals surface area contributed by atoms with Crippen LogP contribution in [0.1, 0.15) is 30.1 Å². The Kier molecular flexibility index (Phi) is 5.18.